The first kappa shape index (κ1) is 28.4. The van der Waals surface area contributed by atoms with Crippen molar-refractivity contribution in [1.82, 2.24) is 14.8 Å². The molecular weight excluding hydrogens is 536 g/mol. The molecule has 212 valence electrons. The molecule has 0 aliphatic carbocycles. The molecule has 4 aromatic rings. The number of hydrogen-bond acceptors (Lipinski definition) is 8. The number of aryl methyl sites for hydroxylation is 2. The van der Waals surface area contributed by atoms with Gasteiger partial charge < -0.3 is 9.47 Å². The van der Waals surface area contributed by atoms with E-state index in [0.29, 0.717) is 11.6 Å². The lowest BCUT2D eigenvalue weighted by atomic mass is 9.91. The highest BCUT2D eigenvalue weighted by molar-refractivity contribution is 7.15. The Labute approximate surface area is 244 Å². The number of carbonyl (C=O) groups is 2. The molecule has 0 saturated heterocycles. The fourth-order valence-corrected chi connectivity index (χ4v) is 5.93. The molecule has 8 nitrogen and oxygen atoms in total. The van der Waals surface area contributed by atoms with Crippen LogP contribution in [-0.4, -0.2) is 45.9 Å². The highest BCUT2D eigenvalue weighted by atomic mass is 32.1. The molecule has 0 spiro atoms. The summed E-state index contributed by atoms with van der Waals surface area (Å²) in [6.45, 7) is 11.8. The normalized spacial score (nSPS) is 14.5. The van der Waals surface area contributed by atoms with E-state index in [-0.39, 0.29) is 24.8 Å². The van der Waals surface area contributed by atoms with E-state index in [1.54, 1.807) is 11.3 Å². The van der Waals surface area contributed by atoms with Crippen molar-refractivity contribution in [3.05, 3.63) is 81.7 Å². The molecule has 0 bridgehead atoms. The lowest BCUT2D eigenvalue weighted by Gasteiger charge is -2.17. The number of rotatable bonds is 7. The van der Waals surface area contributed by atoms with Crippen LogP contribution in [0.2, 0.25) is 0 Å². The van der Waals surface area contributed by atoms with Crippen LogP contribution in [-0.2, 0) is 14.3 Å². The van der Waals surface area contributed by atoms with E-state index in [2.05, 4.69) is 48.3 Å². The van der Waals surface area contributed by atoms with Crippen molar-refractivity contribution in [2.24, 2.45) is 10.4 Å². The second-order valence-electron chi connectivity index (χ2n) is 11.2. The van der Waals surface area contributed by atoms with E-state index >= 15 is 0 Å². The summed E-state index contributed by atoms with van der Waals surface area (Å²) in [5.74, 6) is 1.72. The summed E-state index contributed by atoms with van der Waals surface area (Å²) in [5, 5.41) is 9.74. The van der Waals surface area contributed by atoms with Gasteiger partial charge in [0.25, 0.3) is 0 Å². The number of Topliss-reactive ketones (excluding diaryl/α,β-unsaturated/α-hetero) is 1. The lowest BCUT2D eigenvalue weighted by molar-refractivity contribution is -0.141. The zero-order valence-corrected chi connectivity index (χ0v) is 25.3. The number of aromatic nitrogens is 3. The minimum atomic E-state index is -0.540. The number of esters is 1. The Morgan fingerprint density at radius 3 is 2.37 bits per heavy atom. The number of methoxy groups -OCH3 is 1. The SMILES string of the molecule is COC(=O)C[C@@H]1N=C(c2ccc(-c3cccc(OCC(=O)C(C)(C)C)c3)cc2)c2c(sc(C)c2C)-n2c(C)nnc21. The van der Waals surface area contributed by atoms with E-state index < -0.39 is 11.5 Å². The number of fused-ring (bicyclic) bond motifs is 3. The van der Waals surface area contributed by atoms with Gasteiger partial charge in [0.05, 0.1) is 19.2 Å². The second-order valence-corrected chi connectivity index (χ2v) is 12.4. The Balaban J connectivity index is 1.52. The molecule has 1 atom stereocenters. The van der Waals surface area contributed by atoms with Gasteiger partial charge in [-0.05, 0) is 49.6 Å². The summed E-state index contributed by atoms with van der Waals surface area (Å²) in [5.41, 5.74) is 5.45. The Morgan fingerprint density at radius 1 is 0.976 bits per heavy atom. The Morgan fingerprint density at radius 2 is 1.68 bits per heavy atom. The molecule has 3 heterocycles. The summed E-state index contributed by atoms with van der Waals surface area (Å²) >= 11 is 1.67. The minimum absolute atomic E-state index is 0.0344. The van der Waals surface area contributed by atoms with Crippen molar-refractivity contribution in [3.8, 4) is 21.9 Å². The first-order valence-electron chi connectivity index (χ1n) is 13.5. The highest BCUT2D eigenvalue weighted by Gasteiger charge is 2.32. The van der Waals surface area contributed by atoms with Gasteiger partial charge in [-0.2, -0.15) is 0 Å². The molecule has 5 rings (SSSR count). The molecule has 2 aromatic heterocycles. The third-order valence-corrected chi connectivity index (χ3v) is 8.55. The van der Waals surface area contributed by atoms with Gasteiger partial charge in [0, 0.05) is 21.4 Å². The summed E-state index contributed by atoms with van der Waals surface area (Å²) in [7, 11) is 1.38. The average Bonchev–Trinajstić information content (AvgIpc) is 3.43. The molecule has 0 radical (unpaired) electrons. The third-order valence-electron chi connectivity index (χ3n) is 7.36. The van der Waals surface area contributed by atoms with Gasteiger partial charge in [0.15, 0.2) is 11.6 Å². The molecule has 9 heteroatoms. The van der Waals surface area contributed by atoms with Crippen LogP contribution in [0.15, 0.2) is 53.5 Å². The molecule has 0 amide bonds. The Hall–Kier alpha value is -4.11. The lowest BCUT2D eigenvalue weighted by Crippen LogP contribution is -2.26. The smallest absolute Gasteiger partial charge is 0.308 e. The van der Waals surface area contributed by atoms with E-state index in [4.69, 9.17) is 14.5 Å². The van der Waals surface area contributed by atoms with Crippen molar-refractivity contribution >= 4 is 28.8 Å². The molecule has 1 aliphatic rings. The number of ketones is 1. The number of benzene rings is 2. The maximum Gasteiger partial charge on any atom is 0.308 e. The summed E-state index contributed by atoms with van der Waals surface area (Å²) in [6.07, 6.45) is 0.0632. The van der Waals surface area contributed by atoms with E-state index in [0.717, 1.165) is 44.4 Å². The van der Waals surface area contributed by atoms with E-state index in [1.165, 1.54) is 12.0 Å². The topological polar surface area (TPSA) is 95.7 Å². The number of hydrogen-bond donors (Lipinski definition) is 0. The molecular formula is C32H34N4O4S. The largest absolute Gasteiger partial charge is 0.486 e. The Kier molecular flexibility index (Phi) is 7.66. The van der Waals surface area contributed by atoms with Gasteiger partial charge in [-0.1, -0.05) is 57.2 Å². The predicted octanol–water partition coefficient (Wildman–Crippen LogP) is 6.37. The standard InChI is InChI=1S/C32H34N4O4S/c1-18-19(2)41-31-28(18)29(33-25(16-27(38)39-7)30-35-34-20(3)36(30)31)22-13-11-21(12-14-22)23-9-8-10-24(15-23)40-17-26(37)32(4,5)6/h8-15,25H,16-17H2,1-7H3/t25-/m0/s1. The van der Waals surface area contributed by atoms with Crippen molar-refractivity contribution in [3.63, 3.8) is 0 Å². The van der Waals surface area contributed by atoms with E-state index in [1.807, 2.05) is 56.5 Å². The number of thiophene rings is 1. The molecule has 0 N–H and O–H groups in total. The van der Waals surface area contributed by atoms with Crippen molar-refractivity contribution < 1.29 is 19.1 Å². The van der Waals surface area contributed by atoms with Crippen LogP contribution in [0.25, 0.3) is 16.1 Å². The van der Waals surface area contributed by atoms with Crippen molar-refractivity contribution in [2.75, 3.05) is 13.7 Å². The number of carbonyl (C=O) groups excluding carboxylic acids is 2. The number of aliphatic imine (C=N–C) groups is 1. The fraction of sp³-hybridized carbons (Fsp3) is 0.344. The fourth-order valence-electron chi connectivity index (χ4n) is 4.72. The summed E-state index contributed by atoms with van der Waals surface area (Å²) in [6, 6.07) is 15.4. The number of nitrogens with zero attached hydrogens (tertiary/aromatic N) is 4. The molecule has 0 saturated carbocycles. The zero-order valence-electron chi connectivity index (χ0n) is 24.4. The van der Waals surface area contributed by atoms with E-state index in [9.17, 15) is 9.59 Å². The first-order valence-corrected chi connectivity index (χ1v) is 14.3. The quantitative estimate of drug-likeness (QED) is 0.240. The van der Waals surface area contributed by atoms with Gasteiger partial charge >= 0.3 is 5.97 Å². The summed E-state index contributed by atoms with van der Waals surface area (Å²) < 4.78 is 12.8. The zero-order chi connectivity index (χ0) is 29.5. The van der Waals surface area contributed by atoms with Crippen LogP contribution in [0.4, 0.5) is 0 Å². The summed E-state index contributed by atoms with van der Waals surface area (Å²) in [4.78, 5) is 31.0. The number of ether oxygens (including phenoxy) is 2. The van der Waals surface area contributed by atoms with Gasteiger partial charge in [0.1, 0.15) is 29.2 Å². The Bertz CT molecular complexity index is 1660. The molecule has 0 fully saturated rings. The van der Waals surface area contributed by atoms with Gasteiger partial charge in [-0.3, -0.25) is 19.1 Å². The molecule has 1 aliphatic heterocycles. The van der Waals surface area contributed by atoms with Crippen molar-refractivity contribution in [1.29, 1.82) is 0 Å². The molecule has 0 unspecified atom stereocenters. The predicted molar refractivity (Wildman–Crippen MR) is 160 cm³/mol. The van der Waals surface area contributed by atoms with Crippen LogP contribution >= 0.6 is 11.3 Å². The van der Waals surface area contributed by atoms with Crippen molar-refractivity contribution in [2.45, 2.75) is 54.0 Å². The second kappa shape index (κ2) is 11.0. The third kappa shape index (κ3) is 5.59. The first-order chi connectivity index (χ1) is 19.5. The van der Waals surface area contributed by atoms with Crippen LogP contribution in [0.1, 0.15) is 66.5 Å². The maximum absolute atomic E-state index is 12.4. The molecule has 2 aromatic carbocycles. The van der Waals surface area contributed by atoms with Crippen LogP contribution in [0.3, 0.4) is 0 Å². The average molecular weight is 571 g/mol. The van der Waals surface area contributed by atoms with Gasteiger partial charge in [0.2, 0.25) is 0 Å². The monoisotopic (exact) mass is 570 g/mol. The molecule has 41 heavy (non-hydrogen) atoms. The maximum atomic E-state index is 12.4. The van der Waals surface area contributed by atoms with Crippen LogP contribution in [0.5, 0.6) is 5.75 Å². The van der Waals surface area contributed by atoms with Crippen LogP contribution < -0.4 is 4.74 Å². The van der Waals surface area contributed by atoms with Crippen LogP contribution in [0, 0.1) is 26.2 Å². The minimum Gasteiger partial charge on any atom is -0.486 e. The van der Waals surface area contributed by atoms with Gasteiger partial charge in [-0.25, -0.2) is 0 Å². The highest BCUT2D eigenvalue weighted by Crippen LogP contribution is 2.40. The van der Waals surface area contributed by atoms with Gasteiger partial charge in [-0.15, -0.1) is 21.5 Å².